The van der Waals surface area contributed by atoms with Crippen molar-refractivity contribution in [3.05, 3.63) is 58.5 Å². The average molecular weight is 322 g/mol. The van der Waals surface area contributed by atoms with Gasteiger partial charge < -0.3 is 0 Å². The molecule has 114 valence electrons. The van der Waals surface area contributed by atoms with Crippen LogP contribution in [-0.4, -0.2) is 19.8 Å². The van der Waals surface area contributed by atoms with Crippen molar-refractivity contribution in [3.63, 3.8) is 0 Å². The number of para-hydroxylation sites is 1. The van der Waals surface area contributed by atoms with Crippen LogP contribution in [0.3, 0.4) is 0 Å². The van der Waals surface area contributed by atoms with E-state index in [4.69, 9.17) is 5.26 Å². The third-order valence-electron chi connectivity index (χ3n) is 3.40. The molecular weight excluding hydrogens is 308 g/mol. The number of aromatic nitrogens is 3. The number of thioether (sulfide) groups is 1. The van der Waals surface area contributed by atoms with E-state index in [-0.39, 0.29) is 10.8 Å². The number of nitrogens with zero attached hydrogens (tertiary/aromatic N) is 4. The SMILES string of the molecule is Cc1cccnc1-n1c(SC(C)C#N)nc2ccccc2c1=O. The van der Waals surface area contributed by atoms with Crippen LogP contribution in [0.5, 0.6) is 0 Å². The van der Waals surface area contributed by atoms with Crippen LogP contribution in [0.25, 0.3) is 16.7 Å². The Balaban J connectivity index is 2.36. The van der Waals surface area contributed by atoms with Gasteiger partial charge in [0.25, 0.3) is 5.56 Å². The summed E-state index contributed by atoms with van der Waals surface area (Å²) in [6.45, 7) is 3.67. The van der Waals surface area contributed by atoms with E-state index in [1.165, 1.54) is 16.3 Å². The molecule has 23 heavy (non-hydrogen) atoms. The van der Waals surface area contributed by atoms with Crippen molar-refractivity contribution in [2.24, 2.45) is 0 Å². The van der Waals surface area contributed by atoms with Crippen LogP contribution >= 0.6 is 11.8 Å². The Bertz CT molecular complexity index is 974. The van der Waals surface area contributed by atoms with E-state index in [0.29, 0.717) is 21.9 Å². The van der Waals surface area contributed by atoms with Crippen LogP contribution in [0.1, 0.15) is 12.5 Å². The van der Waals surface area contributed by atoms with Crippen molar-refractivity contribution in [1.82, 2.24) is 14.5 Å². The van der Waals surface area contributed by atoms with Crippen LogP contribution in [0.4, 0.5) is 0 Å². The zero-order valence-electron chi connectivity index (χ0n) is 12.7. The molecule has 6 heteroatoms. The highest BCUT2D eigenvalue weighted by Crippen LogP contribution is 2.24. The molecule has 0 N–H and O–H groups in total. The van der Waals surface area contributed by atoms with Gasteiger partial charge in [-0.1, -0.05) is 30.0 Å². The fourth-order valence-corrected chi connectivity index (χ4v) is 3.07. The van der Waals surface area contributed by atoms with Gasteiger partial charge in [-0.05, 0) is 37.6 Å². The van der Waals surface area contributed by atoms with Crippen molar-refractivity contribution in [1.29, 1.82) is 5.26 Å². The first-order valence-electron chi connectivity index (χ1n) is 7.12. The van der Waals surface area contributed by atoms with Crippen LogP contribution in [0.2, 0.25) is 0 Å². The van der Waals surface area contributed by atoms with E-state index in [1.807, 2.05) is 31.2 Å². The van der Waals surface area contributed by atoms with Crippen molar-refractivity contribution in [2.45, 2.75) is 24.3 Å². The second-order valence-corrected chi connectivity index (χ2v) is 6.39. The Morgan fingerprint density at radius 3 is 2.78 bits per heavy atom. The second kappa shape index (κ2) is 6.23. The van der Waals surface area contributed by atoms with Gasteiger partial charge in [-0.15, -0.1) is 0 Å². The van der Waals surface area contributed by atoms with Crippen LogP contribution in [0.15, 0.2) is 52.5 Å². The Morgan fingerprint density at radius 2 is 2.04 bits per heavy atom. The standard InChI is InChI=1S/C17H14N4OS/c1-11-6-5-9-19-15(11)21-16(22)13-7-3-4-8-14(13)20-17(21)23-12(2)10-18/h3-9,12H,1-2H3. The lowest BCUT2D eigenvalue weighted by Crippen LogP contribution is -2.24. The quantitative estimate of drug-likeness (QED) is 0.547. The predicted molar refractivity (Wildman–Crippen MR) is 90.8 cm³/mol. The molecule has 0 fully saturated rings. The lowest BCUT2D eigenvalue weighted by atomic mass is 10.2. The number of aryl methyl sites for hydroxylation is 1. The minimum atomic E-state index is -0.321. The molecule has 0 aliphatic rings. The third kappa shape index (κ3) is 2.83. The molecule has 0 aliphatic carbocycles. The Hall–Kier alpha value is -2.65. The molecule has 1 unspecified atom stereocenters. The molecule has 0 aliphatic heterocycles. The first kappa shape index (κ1) is 15.3. The molecule has 2 heterocycles. The second-order valence-electron chi connectivity index (χ2n) is 5.09. The van der Waals surface area contributed by atoms with Gasteiger partial charge in [-0.25, -0.2) is 14.5 Å². The summed E-state index contributed by atoms with van der Waals surface area (Å²) in [5.41, 5.74) is 1.32. The van der Waals surface area contributed by atoms with E-state index in [9.17, 15) is 4.79 Å². The number of rotatable bonds is 3. The largest absolute Gasteiger partial charge is 0.268 e. The Morgan fingerprint density at radius 1 is 1.26 bits per heavy atom. The maximum absolute atomic E-state index is 13.0. The molecule has 0 spiro atoms. The van der Waals surface area contributed by atoms with Gasteiger partial charge in [0.05, 0.1) is 22.2 Å². The molecule has 1 aromatic carbocycles. The monoisotopic (exact) mass is 322 g/mol. The normalized spacial score (nSPS) is 12.0. The lowest BCUT2D eigenvalue weighted by molar-refractivity contribution is 0.788. The van der Waals surface area contributed by atoms with E-state index in [1.54, 1.807) is 25.3 Å². The molecule has 0 saturated heterocycles. The molecule has 0 bridgehead atoms. The van der Waals surface area contributed by atoms with E-state index < -0.39 is 0 Å². The smallest absolute Gasteiger partial charge is 0.267 e. The van der Waals surface area contributed by atoms with Crippen LogP contribution in [-0.2, 0) is 0 Å². The van der Waals surface area contributed by atoms with Gasteiger partial charge in [0.2, 0.25) is 0 Å². The molecule has 1 atom stereocenters. The molecular formula is C17H14N4OS. The molecule has 3 aromatic rings. The number of hydrogen-bond donors (Lipinski definition) is 0. The number of hydrogen-bond acceptors (Lipinski definition) is 5. The molecule has 0 radical (unpaired) electrons. The first-order chi connectivity index (χ1) is 11.1. The van der Waals surface area contributed by atoms with E-state index >= 15 is 0 Å². The predicted octanol–water partition coefficient (Wildman–Crippen LogP) is 3.09. The molecule has 3 rings (SSSR count). The van der Waals surface area contributed by atoms with Gasteiger partial charge in [0, 0.05) is 6.20 Å². The van der Waals surface area contributed by atoms with Crippen molar-refractivity contribution in [2.75, 3.05) is 0 Å². The summed E-state index contributed by atoms with van der Waals surface area (Å²) in [7, 11) is 0. The number of fused-ring (bicyclic) bond motifs is 1. The van der Waals surface area contributed by atoms with Gasteiger partial charge in [0.15, 0.2) is 5.16 Å². The summed E-state index contributed by atoms with van der Waals surface area (Å²) in [6, 6.07) is 13.1. The summed E-state index contributed by atoms with van der Waals surface area (Å²) in [5, 5.41) is 9.78. The highest BCUT2D eigenvalue weighted by atomic mass is 32.2. The summed E-state index contributed by atoms with van der Waals surface area (Å²) in [4.78, 5) is 21.9. The van der Waals surface area contributed by atoms with E-state index in [0.717, 1.165) is 5.56 Å². The highest BCUT2D eigenvalue weighted by Gasteiger charge is 2.17. The zero-order valence-corrected chi connectivity index (χ0v) is 13.5. The van der Waals surface area contributed by atoms with Crippen LogP contribution < -0.4 is 5.56 Å². The van der Waals surface area contributed by atoms with Gasteiger partial charge in [0.1, 0.15) is 5.82 Å². The molecule has 5 nitrogen and oxygen atoms in total. The Kier molecular flexibility index (Phi) is 4.13. The summed E-state index contributed by atoms with van der Waals surface area (Å²) < 4.78 is 1.50. The summed E-state index contributed by atoms with van der Waals surface area (Å²) in [5.74, 6) is 0.545. The fourth-order valence-electron chi connectivity index (χ4n) is 2.27. The van der Waals surface area contributed by atoms with Crippen molar-refractivity contribution < 1.29 is 0 Å². The van der Waals surface area contributed by atoms with E-state index in [2.05, 4.69) is 16.0 Å². The minimum absolute atomic E-state index is 0.176. The van der Waals surface area contributed by atoms with Gasteiger partial charge >= 0.3 is 0 Å². The van der Waals surface area contributed by atoms with Crippen LogP contribution in [0, 0.1) is 18.3 Å². The third-order valence-corrected chi connectivity index (χ3v) is 4.35. The zero-order chi connectivity index (χ0) is 16.4. The van der Waals surface area contributed by atoms with Gasteiger partial charge in [-0.3, -0.25) is 4.79 Å². The summed E-state index contributed by atoms with van der Waals surface area (Å²) in [6.07, 6.45) is 1.64. The summed E-state index contributed by atoms with van der Waals surface area (Å²) >= 11 is 1.25. The maximum atomic E-state index is 13.0. The molecule has 0 saturated carbocycles. The topological polar surface area (TPSA) is 71.6 Å². The number of pyridine rings is 1. The minimum Gasteiger partial charge on any atom is -0.268 e. The number of nitriles is 1. The molecule has 0 amide bonds. The van der Waals surface area contributed by atoms with Crippen molar-refractivity contribution in [3.8, 4) is 11.9 Å². The fraction of sp³-hybridized carbons (Fsp3) is 0.176. The lowest BCUT2D eigenvalue weighted by Gasteiger charge is -2.14. The first-order valence-corrected chi connectivity index (χ1v) is 8.00. The number of benzene rings is 1. The Labute approximate surface area is 137 Å². The van der Waals surface area contributed by atoms with Crippen molar-refractivity contribution >= 4 is 22.7 Å². The highest BCUT2D eigenvalue weighted by molar-refractivity contribution is 8.00. The molecule has 2 aromatic heterocycles. The maximum Gasteiger partial charge on any atom is 0.267 e. The average Bonchev–Trinajstić information content (AvgIpc) is 2.56. The van der Waals surface area contributed by atoms with Gasteiger partial charge in [-0.2, -0.15) is 5.26 Å².